The Hall–Kier alpha value is -3.78. The van der Waals surface area contributed by atoms with Crippen LogP contribution in [0.1, 0.15) is 39.1 Å². The molecule has 7 nitrogen and oxygen atoms in total. The molecule has 166 valence electrons. The Morgan fingerprint density at radius 1 is 1.09 bits per heavy atom. The molecule has 5 aromatic rings. The summed E-state index contributed by atoms with van der Waals surface area (Å²) in [6, 6.07) is 11.9. The van der Waals surface area contributed by atoms with Gasteiger partial charge in [-0.25, -0.2) is 9.67 Å². The molecule has 1 N–H and O–H groups in total. The minimum atomic E-state index is -0.161. The first kappa shape index (κ1) is 21.1. The monoisotopic (exact) mass is 456 g/mol. The van der Waals surface area contributed by atoms with Gasteiger partial charge in [-0.15, -0.1) is 11.3 Å². The van der Waals surface area contributed by atoms with Crippen molar-refractivity contribution in [1.29, 1.82) is 0 Å². The van der Waals surface area contributed by atoms with Crippen LogP contribution in [-0.4, -0.2) is 30.1 Å². The van der Waals surface area contributed by atoms with Crippen molar-refractivity contribution >= 4 is 22.9 Å². The Bertz CT molecular complexity index is 1440. The van der Waals surface area contributed by atoms with E-state index in [1.54, 1.807) is 23.7 Å². The average molecular weight is 457 g/mol. The van der Waals surface area contributed by atoms with E-state index >= 15 is 0 Å². The molecule has 0 atom stereocenters. The topological polar surface area (TPSA) is 77.1 Å². The molecule has 0 saturated carbocycles. The van der Waals surface area contributed by atoms with Crippen LogP contribution in [0.5, 0.6) is 0 Å². The number of nitrogens with one attached hydrogen (secondary N) is 1. The number of hydrogen-bond acceptors (Lipinski definition) is 5. The number of imidazole rings is 1. The van der Waals surface area contributed by atoms with Crippen molar-refractivity contribution in [1.82, 2.24) is 29.5 Å². The third kappa shape index (κ3) is 4.05. The molecule has 5 rings (SSSR count). The van der Waals surface area contributed by atoms with Crippen LogP contribution in [0.25, 0.3) is 21.9 Å². The van der Waals surface area contributed by atoms with Crippen molar-refractivity contribution in [3.63, 3.8) is 0 Å². The number of fused-ring (bicyclic) bond motifs is 1. The fourth-order valence-electron chi connectivity index (χ4n) is 3.81. The Labute approximate surface area is 195 Å². The summed E-state index contributed by atoms with van der Waals surface area (Å²) in [7, 11) is 0. The summed E-state index contributed by atoms with van der Waals surface area (Å²) in [5.74, 6) is -0.161. The SMILES string of the molecule is CCc1ccnn1-c1cc(C(=O)NCc2ccc(C)nc2)cn2c(-c3ccc(C)s3)cnc12. The van der Waals surface area contributed by atoms with Crippen LogP contribution in [0.15, 0.2) is 61.2 Å². The molecule has 0 spiro atoms. The Morgan fingerprint density at radius 2 is 1.97 bits per heavy atom. The summed E-state index contributed by atoms with van der Waals surface area (Å²) in [6.07, 6.45) is 8.10. The van der Waals surface area contributed by atoms with E-state index in [-0.39, 0.29) is 5.91 Å². The van der Waals surface area contributed by atoms with Crippen LogP contribution in [0.4, 0.5) is 0 Å². The average Bonchev–Trinajstić information content (AvgIpc) is 3.56. The lowest BCUT2D eigenvalue weighted by molar-refractivity contribution is 0.0950. The van der Waals surface area contributed by atoms with Crippen molar-refractivity contribution < 1.29 is 4.79 Å². The number of rotatable bonds is 6. The molecular weight excluding hydrogens is 432 g/mol. The number of nitrogens with zero attached hydrogens (tertiary/aromatic N) is 5. The van der Waals surface area contributed by atoms with Crippen molar-refractivity contribution in [2.45, 2.75) is 33.7 Å². The van der Waals surface area contributed by atoms with Crippen LogP contribution in [-0.2, 0) is 13.0 Å². The zero-order chi connectivity index (χ0) is 22.9. The van der Waals surface area contributed by atoms with Crippen LogP contribution in [0.2, 0.25) is 0 Å². The summed E-state index contributed by atoms with van der Waals surface area (Å²) >= 11 is 1.70. The second-order valence-corrected chi connectivity index (χ2v) is 9.23. The fraction of sp³-hybridized carbons (Fsp3) is 0.200. The maximum absolute atomic E-state index is 13.2. The number of thiophene rings is 1. The first-order chi connectivity index (χ1) is 16.0. The lowest BCUT2D eigenvalue weighted by atomic mass is 10.2. The first-order valence-corrected chi connectivity index (χ1v) is 11.7. The highest BCUT2D eigenvalue weighted by Gasteiger charge is 2.18. The van der Waals surface area contributed by atoms with Crippen LogP contribution in [0.3, 0.4) is 0 Å². The van der Waals surface area contributed by atoms with Gasteiger partial charge in [0, 0.05) is 41.4 Å². The van der Waals surface area contributed by atoms with Gasteiger partial charge in [0.25, 0.3) is 5.91 Å². The van der Waals surface area contributed by atoms with E-state index in [9.17, 15) is 4.79 Å². The third-order valence-electron chi connectivity index (χ3n) is 5.58. The quantitative estimate of drug-likeness (QED) is 0.400. The lowest BCUT2D eigenvalue weighted by Gasteiger charge is -2.12. The van der Waals surface area contributed by atoms with Crippen molar-refractivity contribution in [3.8, 4) is 16.3 Å². The van der Waals surface area contributed by atoms with Gasteiger partial charge < -0.3 is 5.32 Å². The van der Waals surface area contributed by atoms with E-state index in [2.05, 4.69) is 41.4 Å². The smallest absolute Gasteiger partial charge is 0.253 e. The van der Waals surface area contributed by atoms with Gasteiger partial charge in [0.2, 0.25) is 0 Å². The molecule has 1 amide bonds. The molecule has 8 heteroatoms. The number of amides is 1. The predicted molar refractivity (Wildman–Crippen MR) is 130 cm³/mol. The van der Waals surface area contributed by atoms with E-state index < -0.39 is 0 Å². The zero-order valence-corrected chi connectivity index (χ0v) is 19.6. The van der Waals surface area contributed by atoms with E-state index in [1.165, 1.54) is 4.88 Å². The normalized spacial score (nSPS) is 11.2. The van der Waals surface area contributed by atoms with Gasteiger partial charge >= 0.3 is 0 Å². The Morgan fingerprint density at radius 3 is 2.70 bits per heavy atom. The van der Waals surface area contributed by atoms with Gasteiger partial charge in [-0.3, -0.25) is 14.2 Å². The maximum Gasteiger partial charge on any atom is 0.253 e. The number of hydrogen-bond donors (Lipinski definition) is 1. The van der Waals surface area contributed by atoms with Crippen LogP contribution < -0.4 is 5.32 Å². The first-order valence-electron chi connectivity index (χ1n) is 10.8. The zero-order valence-electron chi connectivity index (χ0n) is 18.7. The molecule has 5 heterocycles. The molecule has 0 aliphatic heterocycles. The lowest BCUT2D eigenvalue weighted by Crippen LogP contribution is -2.23. The van der Waals surface area contributed by atoms with E-state index in [0.717, 1.165) is 45.3 Å². The molecule has 33 heavy (non-hydrogen) atoms. The number of pyridine rings is 2. The molecule has 0 aliphatic carbocycles. The van der Waals surface area contributed by atoms with Crippen molar-refractivity contribution in [2.75, 3.05) is 0 Å². The minimum Gasteiger partial charge on any atom is -0.348 e. The second kappa shape index (κ2) is 8.63. The van der Waals surface area contributed by atoms with Crippen molar-refractivity contribution in [3.05, 3.63) is 88.6 Å². The second-order valence-electron chi connectivity index (χ2n) is 7.94. The Balaban J connectivity index is 1.59. The molecule has 5 aromatic heterocycles. The maximum atomic E-state index is 13.2. The summed E-state index contributed by atoms with van der Waals surface area (Å²) in [5, 5.41) is 7.54. The number of carbonyl (C=O) groups is 1. The van der Waals surface area contributed by atoms with Gasteiger partial charge in [-0.05, 0) is 56.2 Å². The van der Waals surface area contributed by atoms with Crippen LogP contribution in [0, 0.1) is 13.8 Å². The third-order valence-corrected chi connectivity index (χ3v) is 6.60. The molecular formula is C25H24N6OS. The molecule has 0 aliphatic rings. The number of carbonyl (C=O) groups excluding carboxylic acids is 1. The summed E-state index contributed by atoms with van der Waals surface area (Å²) in [4.78, 5) is 24.5. The molecule has 0 saturated heterocycles. The summed E-state index contributed by atoms with van der Waals surface area (Å²) in [6.45, 7) is 6.51. The van der Waals surface area contributed by atoms with Crippen LogP contribution >= 0.6 is 11.3 Å². The minimum absolute atomic E-state index is 0.161. The highest BCUT2D eigenvalue weighted by molar-refractivity contribution is 7.15. The summed E-state index contributed by atoms with van der Waals surface area (Å²) in [5.41, 5.74) is 5.98. The largest absolute Gasteiger partial charge is 0.348 e. The van der Waals surface area contributed by atoms with Gasteiger partial charge in [-0.2, -0.15) is 5.10 Å². The summed E-state index contributed by atoms with van der Waals surface area (Å²) < 4.78 is 3.86. The molecule has 0 fully saturated rings. The fourth-order valence-corrected chi connectivity index (χ4v) is 4.68. The number of aryl methyl sites for hydroxylation is 3. The highest BCUT2D eigenvalue weighted by Crippen LogP contribution is 2.30. The van der Waals surface area contributed by atoms with E-state index in [0.29, 0.717) is 12.1 Å². The van der Waals surface area contributed by atoms with Crippen molar-refractivity contribution in [2.24, 2.45) is 0 Å². The van der Waals surface area contributed by atoms with Gasteiger partial charge in [0.05, 0.1) is 22.3 Å². The van der Waals surface area contributed by atoms with Gasteiger partial charge in [0.15, 0.2) is 5.65 Å². The molecule has 0 aromatic carbocycles. The van der Waals surface area contributed by atoms with Gasteiger partial charge in [0.1, 0.15) is 5.69 Å². The standard InChI is InChI=1S/C25H24N6OS/c1-4-20-9-10-29-31(20)21-11-19(25(32)28-13-18-7-5-16(2)26-12-18)15-30-22(14-27-24(21)30)23-8-6-17(3)33-23/h5-12,14-15H,4,13H2,1-3H3,(H,28,32). The predicted octanol–water partition coefficient (Wildman–Crippen LogP) is 4.75. The molecule has 0 radical (unpaired) electrons. The highest BCUT2D eigenvalue weighted by atomic mass is 32.1. The number of aromatic nitrogens is 5. The van der Waals surface area contributed by atoms with Gasteiger partial charge in [-0.1, -0.05) is 13.0 Å². The van der Waals surface area contributed by atoms with E-state index in [1.807, 2.05) is 52.7 Å². The molecule has 0 bridgehead atoms. The van der Waals surface area contributed by atoms with E-state index in [4.69, 9.17) is 4.98 Å². The molecule has 0 unspecified atom stereocenters. The Kier molecular flexibility index (Phi) is 5.51.